The van der Waals surface area contributed by atoms with Crippen LogP contribution in [-0.2, 0) is 17.5 Å². The second-order valence-electron chi connectivity index (χ2n) is 11.0. The quantitative estimate of drug-likeness (QED) is 0.476. The van der Waals surface area contributed by atoms with Crippen molar-refractivity contribution in [2.45, 2.75) is 56.0 Å². The first kappa shape index (κ1) is 23.0. The van der Waals surface area contributed by atoms with Crippen molar-refractivity contribution >= 4 is 10.9 Å². The van der Waals surface area contributed by atoms with Gasteiger partial charge in [-0.1, -0.05) is 37.5 Å². The lowest BCUT2D eigenvalue weighted by Crippen LogP contribution is -2.61. The summed E-state index contributed by atoms with van der Waals surface area (Å²) in [5.74, 6) is 1.24. The normalized spacial score (nSPS) is 24.4. The number of ether oxygens (including phenoxy) is 1. The number of rotatable bonds is 6. The summed E-state index contributed by atoms with van der Waals surface area (Å²) >= 11 is 0. The third-order valence-corrected chi connectivity index (χ3v) is 9.09. The Hall–Kier alpha value is -2.41. The smallest absolute Gasteiger partial charge is 0.127 e. The van der Waals surface area contributed by atoms with Gasteiger partial charge in [-0.25, -0.2) is 4.39 Å². The fraction of sp³-hybridized carbons (Fsp3) is 0.517. The minimum absolute atomic E-state index is 0.0171. The van der Waals surface area contributed by atoms with Crippen LogP contribution in [0.4, 0.5) is 4.39 Å². The third kappa shape index (κ3) is 3.69. The largest absolute Gasteiger partial charge is 0.497 e. The number of piperidine rings is 1. The van der Waals surface area contributed by atoms with Gasteiger partial charge in [-0.05, 0) is 62.0 Å². The van der Waals surface area contributed by atoms with Crippen LogP contribution in [0, 0.1) is 11.7 Å². The summed E-state index contributed by atoms with van der Waals surface area (Å²) in [7, 11) is 1.70. The maximum atomic E-state index is 14.9. The molecule has 2 aromatic carbocycles. The van der Waals surface area contributed by atoms with E-state index in [0.717, 1.165) is 55.9 Å². The van der Waals surface area contributed by atoms with Crippen molar-refractivity contribution in [2.75, 3.05) is 33.4 Å². The van der Waals surface area contributed by atoms with Gasteiger partial charge in [-0.15, -0.1) is 0 Å². The van der Waals surface area contributed by atoms with Crippen LogP contribution in [0.5, 0.6) is 5.75 Å². The Morgan fingerprint density at radius 2 is 1.94 bits per heavy atom. The number of hydrogen-bond donors (Lipinski definition) is 3. The molecule has 1 aromatic heterocycles. The first-order chi connectivity index (χ1) is 17.1. The van der Waals surface area contributed by atoms with Crippen LogP contribution in [0.15, 0.2) is 42.5 Å². The molecule has 3 aliphatic rings. The average molecular weight is 478 g/mol. The average Bonchev–Trinajstić information content (AvgIpc) is 3.25. The van der Waals surface area contributed by atoms with Crippen LogP contribution < -0.4 is 10.1 Å². The topological polar surface area (TPSA) is 60.5 Å². The van der Waals surface area contributed by atoms with Crippen molar-refractivity contribution in [3.8, 4) is 5.75 Å². The summed E-state index contributed by atoms with van der Waals surface area (Å²) in [5.41, 5.74) is 3.66. The molecule has 0 radical (unpaired) electrons. The molecule has 1 spiro atoms. The molecule has 6 heteroatoms. The van der Waals surface area contributed by atoms with E-state index in [-0.39, 0.29) is 17.8 Å². The van der Waals surface area contributed by atoms with Gasteiger partial charge in [0.2, 0.25) is 0 Å². The summed E-state index contributed by atoms with van der Waals surface area (Å²) in [6.45, 7) is 3.26. The number of aliphatic hydroxyl groups excluding tert-OH is 1. The number of aromatic amines is 1. The number of nitrogens with one attached hydrogen (secondary N) is 2. The zero-order valence-corrected chi connectivity index (χ0v) is 20.6. The van der Waals surface area contributed by atoms with E-state index in [9.17, 15) is 9.50 Å². The molecule has 3 N–H and O–H groups in total. The van der Waals surface area contributed by atoms with E-state index in [0.29, 0.717) is 18.0 Å². The van der Waals surface area contributed by atoms with Gasteiger partial charge in [0.1, 0.15) is 11.6 Å². The number of methoxy groups -OCH3 is 1. The maximum Gasteiger partial charge on any atom is 0.127 e. The highest BCUT2D eigenvalue weighted by molar-refractivity contribution is 5.88. The van der Waals surface area contributed by atoms with E-state index in [1.165, 1.54) is 30.2 Å². The Morgan fingerprint density at radius 1 is 1.14 bits per heavy atom. The molecule has 0 bridgehead atoms. The highest BCUT2D eigenvalue weighted by atomic mass is 19.1. The first-order valence-corrected chi connectivity index (χ1v) is 13.1. The van der Waals surface area contributed by atoms with E-state index in [1.54, 1.807) is 19.2 Å². The van der Waals surface area contributed by atoms with Gasteiger partial charge >= 0.3 is 0 Å². The second-order valence-corrected chi connectivity index (χ2v) is 11.0. The van der Waals surface area contributed by atoms with Crippen LogP contribution in [0.3, 0.4) is 0 Å². The first-order valence-electron chi connectivity index (χ1n) is 13.1. The summed E-state index contributed by atoms with van der Waals surface area (Å²) in [6.07, 6.45) is 6.60. The number of H-pyrrole nitrogens is 1. The summed E-state index contributed by atoms with van der Waals surface area (Å²) in [4.78, 5) is 6.21. The van der Waals surface area contributed by atoms with Crippen molar-refractivity contribution in [3.63, 3.8) is 0 Å². The van der Waals surface area contributed by atoms with E-state index in [4.69, 9.17) is 4.74 Å². The predicted octanol–water partition coefficient (Wildman–Crippen LogP) is 4.83. The van der Waals surface area contributed by atoms with Crippen LogP contribution >= 0.6 is 0 Å². The van der Waals surface area contributed by atoms with Gasteiger partial charge in [0, 0.05) is 46.7 Å². The van der Waals surface area contributed by atoms with Gasteiger partial charge in [0.25, 0.3) is 0 Å². The Bertz CT molecular complexity index is 1210. The van der Waals surface area contributed by atoms with Crippen molar-refractivity contribution in [1.82, 2.24) is 15.2 Å². The maximum absolute atomic E-state index is 14.9. The summed E-state index contributed by atoms with van der Waals surface area (Å²) in [5, 5.41) is 16.0. The number of hydrogen-bond acceptors (Lipinski definition) is 4. The number of nitrogens with zero attached hydrogens (tertiary/aromatic N) is 1. The van der Waals surface area contributed by atoms with Gasteiger partial charge in [-0.2, -0.15) is 0 Å². The lowest BCUT2D eigenvalue weighted by Gasteiger charge is -2.56. The monoisotopic (exact) mass is 477 g/mol. The standard InChI is InChI=1S/C29H36FN3O2/c1-35-22-9-10-23-25(15-22)32-27-26(23)28(11-13-31-14-12-28)18-33(17-21-7-2-3-8-24(21)30)29(27,19-34)16-20-5-4-6-20/h2-3,7-10,15,20,31-32,34H,4-6,11-14,16-19H2,1H3. The number of halogens is 1. The van der Waals surface area contributed by atoms with Gasteiger partial charge in [-0.3, -0.25) is 4.90 Å². The van der Waals surface area contributed by atoms with Gasteiger partial charge < -0.3 is 20.1 Å². The molecule has 2 aliphatic heterocycles. The lowest BCUT2D eigenvalue weighted by atomic mass is 9.63. The Morgan fingerprint density at radius 3 is 2.63 bits per heavy atom. The Labute approximate surface area is 206 Å². The number of fused-ring (bicyclic) bond motifs is 4. The molecule has 0 amide bonds. The number of aromatic nitrogens is 1. The third-order valence-electron chi connectivity index (χ3n) is 9.09. The highest BCUT2D eigenvalue weighted by Gasteiger charge is 2.54. The molecule has 1 atom stereocenters. The molecule has 35 heavy (non-hydrogen) atoms. The second kappa shape index (κ2) is 8.91. The zero-order valence-electron chi connectivity index (χ0n) is 20.6. The number of benzene rings is 2. The van der Waals surface area contributed by atoms with E-state index >= 15 is 0 Å². The minimum Gasteiger partial charge on any atom is -0.497 e. The van der Waals surface area contributed by atoms with Crippen molar-refractivity contribution in [2.24, 2.45) is 5.92 Å². The summed E-state index contributed by atoms with van der Waals surface area (Å²) < 4.78 is 20.4. The van der Waals surface area contributed by atoms with E-state index < -0.39 is 5.54 Å². The molecule has 5 nitrogen and oxygen atoms in total. The van der Waals surface area contributed by atoms with Crippen molar-refractivity contribution in [3.05, 3.63) is 65.1 Å². The van der Waals surface area contributed by atoms with Gasteiger partial charge in [0.15, 0.2) is 0 Å². The molecular weight excluding hydrogens is 441 g/mol. The fourth-order valence-electron chi connectivity index (χ4n) is 6.96. The van der Waals surface area contributed by atoms with E-state index in [1.807, 2.05) is 18.2 Å². The van der Waals surface area contributed by atoms with Crippen LogP contribution in [0.1, 0.15) is 55.3 Å². The zero-order chi connectivity index (χ0) is 24.0. The number of aliphatic hydroxyl groups is 1. The SMILES string of the molecule is COc1ccc2c3c([nH]c2c1)C(CO)(CC1CCC1)N(Cc1ccccc1F)CC31CCNCC1. The van der Waals surface area contributed by atoms with Gasteiger partial charge in [0.05, 0.1) is 19.3 Å². The molecule has 1 unspecified atom stereocenters. The molecule has 3 aromatic rings. The van der Waals surface area contributed by atoms with Crippen molar-refractivity contribution < 1.29 is 14.2 Å². The minimum atomic E-state index is -0.564. The highest BCUT2D eigenvalue weighted by Crippen LogP contribution is 2.54. The van der Waals surface area contributed by atoms with Crippen LogP contribution in [-0.4, -0.2) is 48.3 Å². The Balaban J connectivity index is 1.56. The molecule has 1 saturated heterocycles. The van der Waals surface area contributed by atoms with Crippen molar-refractivity contribution in [1.29, 1.82) is 0 Å². The fourth-order valence-corrected chi connectivity index (χ4v) is 6.96. The molecule has 186 valence electrons. The molecular formula is C29H36FN3O2. The Kier molecular flexibility index (Phi) is 5.86. The van der Waals surface area contributed by atoms with Crippen LogP contribution in [0.2, 0.25) is 0 Å². The predicted molar refractivity (Wildman–Crippen MR) is 136 cm³/mol. The molecule has 2 fully saturated rings. The molecule has 1 aliphatic carbocycles. The lowest BCUT2D eigenvalue weighted by molar-refractivity contribution is -0.0441. The van der Waals surface area contributed by atoms with E-state index in [2.05, 4.69) is 27.3 Å². The molecule has 1 saturated carbocycles. The summed E-state index contributed by atoms with van der Waals surface area (Å²) in [6, 6.07) is 13.4. The van der Waals surface area contributed by atoms with Crippen LogP contribution in [0.25, 0.3) is 10.9 Å². The molecule has 3 heterocycles. The molecule has 6 rings (SSSR count).